The van der Waals surface area contributed by atoms with Crippen LogP contribution >= 0.6 is 27.5 Å². The van der Waals surface area contributed by atoms with Gasteiger partial charge in [0.25, 0.3) is 0 Å². The summed E-state index contributed by atoms with van der Waals surface area (Å²) >= 11 is 9.20. The minimum atomic E-state index is -0.270. The number of imidazole rings is 1. The molecule has 0 radical (unpaired) electrons. The molecule has 1 aromatic carbocycles. The fourth-order valence-electron chi connectivity index (χ4n) is 2.56. The van der Waals surface area contributed by atoms with Crippen molar-refractivity contribution < 1.29 is 4.39 Å². The lowest BCUT2D eigenvalue weighted by Crippen LogP contribution is -2.16. The first-order valence-electron chi connectivity index (χ1n) is 6.41. The summed E-state index contributed by atoms with van der Waals surface area (Å²) in [6.07, 6.45) is 0.963. The average molecular weight is 348 g/mol. The number of rotatable bonds is 4. The van der Waals surface area contributed by atoms with E-state index >= 15 is 0 Å². The number of fused-ring (bicyclic) bond motifs is 1. The summed E-state index contributed by atoms with van der Waals surface area (Å²) in [5.41, 5.74) is 1.60. The van der Waals surface area contributed by atoms with Crippen molar-refractivity contribution in [3.05, 3.63) is 28.2 Å². The number of benzene rings is 1. The Morgan fingerprint density at radius 3 is 2.63 bits per heavy atom. The molecule has 2 nitrogen and oxygen atoms in total. The molecule has 0 aliphatic rings. The van der Waals surface area contributed by atoms with Crippen molar-refractivity contribution in [1.82, 2.24) is 9.55 Å². The molecule has 0 bridgehead atoms. The van der Waals surface area contributed by atoms with Gasteiger partial charge in [-0.05, 0) is 34.3 Å². The molecule has 0 fully saturated rings. The quantitative estimate of drug-likeness (QED) is 0.688. The zero-order chi connectivity index (χ0) is 14.2. The van der Waals surface area contributed by atoms with E-state index in [1.165, 1.54) is 6.07 Å². The third-order valence-corrected chi connectivity index (χ3v) is 4.29. The van der Waals surface area contributed by atoms with Crippen LogP contribution in [0.3, 0.4) is 0 Å². The van der Waals surface area contributed by atoms with Crippen LogP contribution in [0.1, 0.15) is 39.1 Å². The fraction of sp³-hybridized carbons (Fsp3) is 0.500. The van der Waals surface area contributed by atoms with Gasteiger partial charge in [-0.2, -0.15) is 0 Å². The Bertz CT molecular complexity index is 595. The maximum Gasteiger partial charge on any atom is 0.139 e. The Kier molecular flexibility index (Phi) is 4.51. The Balaban J connectivity index is 2.72. The van der Waals surface area contributed by atoms with Gasteiger partial charge in [-0.1, -0.05) is 20.8 Å². The number of halogens is 3. The summed E-state index contributed by atoms with van der Waals surface area (Å²) in [7, 11) is 0. The molecule has 1 unspecified atom stereocenters. The Hall–Kier alpha value is -0.610. The van der Waals surface area contributed by atoms with E-state index in [9.17, 15) is 4.39 Å². The summed E-state index contributed by atoms with van der Waals surface area (Å²) in [4.78, 5) is 4.52. The molecule has 1 heterocycles. The predicted octanol–water partition coefficient (Wildman–Crippen LogP) is 5.28. The van der Waals surface area contributed by atoms with Crippen LogP contribution in [0.4, 0.5) is 4.39 Å². The van der Waals surface area contributed by atoms with Gasteiger partial charge < -0.3 is 4.57 Å². The van der Waals surface area contributed by atoms with Gasteiger partial charge in [-0.25, -0.2) is 9.37 Å². The first-order valence-corrected chi connectivity index (χ1v) is 7.74. The molecule has 19 heavy (non-hydrogen) atoms. The van der Waals surface area contributed by atoms with E-state index in [0.29, 0.717) is 16.3 Å². The number of nitrogens with zero attached hydrogens (tertiary/aromatic N) is 2. The summed E-state index contributed by atoms with van der Waals surface area (Å²) in [6.45, 7) is 6.45. The van der Waals surface area contributed by atoms with E-state index in [2.05, 4.69) is 46.3 Å². The van der Waals surface area contributed by atoms with Crippen molar-refractivity contribution in [3.8, 4) is 0 Å². The molecule has 0 N–H and O–H groups in total. The van der Waals surface area contributed by atoms with Crippen molar-refractivity contribution in [2.45, 2.75) is 39.1 Å². The van der Waals surface area contributed by atoms with Crippen LogP contribution in [0.15, 0.2) is 16.6 Å². The van der Waals surface area contributed by atoms with Crippen molar-refractivity contribution >= 4 is 38.6 Å². The Morgan fingerprint density at radius 1 is 1.42 bits per heavy atom. The molecule has 5 heteroatoms. The third-order valence-electron chi connectivity index (χ3n) is 3.44. The normalized spacial score (nSPS) is 13.4. The van der Waals surface area contributed by atoms with Crippen molar-refractivity contribution in [2.24, 2.45) is 5.92 Å². The van der Waals surface area contributed by atoms with E-state index in [1.807, 2.05) is 0 Å². The van der Waals surface area contributed by atoms with Crippen LogP contribution < -0.4 is 0 Å². The molecule has 0 saturated carbocycles. The smallest absolute Gasteiger partial charge is 0.139 e. The van der Waals surface area contributed by atoms with Gasteiger partial charge in [0.2, 0.25) is 0 Å². The second-order valence-corrected chi connectivity index (χ2v) is 6.13. The number of hydrogen-bond acceptors (Lipinski definition) is 1. The van der Waals surface area contributed by atoms with Crippen LogP contribution in [0.5, 0.6) is 0 Å². The fourth-order valence-corrected chi connectivity index (χ4v) is 3.08. The van der Waals surface area contributed by atoms with E-state index in [4.69, 9.17) is 11.6 Å². The number of alkyl halides is 1. The highest BCUT2D eigenvalue weighted by molar-refractivity contribution is 9.10. The van der Waals surface area contributed by atoms with Crippen molar-refractivity contribution in [1.29, 1.82) is 0 Å². The van der Waals surface area contributed by atoms with Gasteiger partial charge in [0, 0.05) is 12.1 Å². The van der Waals surface area contributed by atoms with Gasteiger partial charge in [-0.3, -0.25) is 0 Å². The highest BCUT2D eigenvalue weighted by Crippen LogP contribution is 2.31. The topological polar surface area (TPSA) is 17.8 Å². The lowest BCUT2D eigenvalue weighted by Gasteiger charge is -2.23. The molecular formula is C14H17BrClFN2. The van der Waals surface area contributed by atoms with Gasteiger partial charge in [0.15, 0.2) is 0 Å². The third kappa shape index (κ3) is 2.65. The van der Waals surface area contributed by atoms with E-state index in [-0.39, 0.29) is 11.9 Å². The van der Waals surface area contributed by atoms with Crippen molar-refractivity contribution in [3.63, 3.8) is 0 Å². The summed E-state index contributed by atoms with van der Waals surface area (Å²) in [5.74, 6) is 1.30. The molecule has 1 atom stereocenters. The molecule has 104 valence electrons. The highest BCUT2D eigenvalue weighted by atomic mass is 79.9. The molecule has 0 aliphatic heterocycles. The molecule has 0 amide bonds. The molecular weight excluding hydrogens is 331 g/mol. The van der Waals surface area contributed by atoms with E-state index < -0.39 is 0 Å². The van der Waals surface area contributed by atoms with Gasteiger partial charge in [0.05, 0.1) is 21.4 Å². The number of aromatic nitrogens is 2. The van der Waals surface area contributed by atoms with Gasteiger partial charge in [0.1, 0.15) is 11.6 Å². The van der Waals surface area contributed by atoms with Crippen LogP contribution in [-0.4, -0.2) is 9.55 Å². The lowest BCUT2D eigenvalue weighted by molar-refractivity contribution is 0.367. The molecule has 1 aromatic heterocycles. The second kappa shape index (κ2) is 5.80. The lowest BCUT2D eigenvalue weighted by atomic mass is 10.0. The first kappa shape index (κ1) is 14.8. The monoisotopic (exact) mass is 346 g/mol. The standard InChI is InChI=1S/C14H17BrClFN2/c1-4-12(8(2)3)19-13-6-10(17)9(15)5-11(13)18-14(19)7-16/h5-6,8,12H,4,7H2,1-3H3. The maximum atomic E-state index is 13.8. The second-order valence-electron chi connectivity index (χ2n) is 5.01. The summed E-state index contributed by atoms with van der Waals surface area (Å²) < 4.78 is 16.3. The van der Waals surface area contributed by atoms with Crippen LogP contribution in [0, 0.1) is 11.7 Å². The first-order chi connectivity index (χ1) is 8.99. The molecule has 0 spiro atoms. The zero-order valence-corrected chi connectivity index (χ0v) is 13.6. The molecule has 0 saturated heterocycles. The maximum absolute atomic E-state index is 13.8. The van der Waals surface area contributed by atoms with E-state index in [1.54, 1.807) is 6.07 Å². The van der Waals surface area contributed by atoms with Gasteiger partial charge >= 0.3 is 0 Å². The average Bonchev–Trinajstić information content (AvgIpc) is 2.69. The van der Waals surface area contributed by atoms with Crippen LogP contribution in [-0.2, 0) is 5.88 Å². The number of hydrogen-bond donors (Lipinski definition) is 0. The summed E-state index contributed by atoms with van der Waals surface area (Å²) in [6, 6.07) is 3.52. The minimum absolute atomic E-state index is 0.270. The highest BCUT2D eigenvalue weighted by Gasteiger charge is 2.21. The Morgan fingerprint density at radius 2 is 2.11 bits per heavy atom. The molecule has 2 aromatic rings. The SMILES string of the molecule is CCC(C(C)C)n1c(CCl)nc2cc(Br)c(F)cc21. The Labute approximate surface area is 126 Å². The molecule has 2 rings (SSSR count). The van der Waals surface area contributed by atoms with Crippen LogP contribution in [0.25, 0.3) is 11.0 Å². The van der Waals surface area contributed by atoms with Crippen molar-refractivity contribution in [2.75, 3.05) is 0 Å². The van der Waals surface area contributed by atoms with Crippen LogP contribution in [0.2, 0.25) is 0 Å². The van der Waals surface area contributed by atoms with E-state index in [0.717, 1.165) is 23.3 Å². The van der Waals surface area contributed by atoms with Gasteiger partial charge in [-0.15, -0.1) is 11.6 Å². The molecule has 0 aliphatic carbocycles. The predicted molar refractivity (Wildman–Crippen MR) is 81.1 cm³/mol. The largest absolute Gasteiger partial charge is 0.324 e. The zero-order valence-electron chi connectivity index (χ0n) is 11.3. The summed E-state index contributed by atoms with van der Waals surface area (Å²) in [5, 5.41) is 0. The minimum Gasteiger partial charge on any atom is -0.324 e.